The van der Waals surface area contributed by atoms with E-state index in [-0.39, 0.29) is 29.5 Å². The maximum atomic E-state index is 13.1. The number of hydrogen-bond donors (Lipinski definition) is 1. The predicted molar refractivity (Wildman–Crippen MR) is 117 cm³/mol. The Morgan fingerprint density at radius 2 is 2.03 bits per heavy atom. The molecule has 1 aromatic carbocycles. The van der Waals surface area contributed by atoms with Crippen LogP contribution in [0.4, 0.5) is 0 Å². The monoisotopic (exact) mass is 426 g/mol. The first-order chi connectivity index (χ1) is 14.3. The lowest BCUT2D eigenvalue weighted by atomic mass is 10.0. The van der Waals surface area contributed by atoms with Crippen molar-refractivity contribution in [2.75, 3.05) is 11.5 Å². The summed E-state index contributed by atoms with van der Waals surface area (Å²) in [5.41, 5.74) is 3.31. The Hall–Kier alpha value is -2.74. The molecule has 2 atom stereocenters. The van der Waals surface area contributed by atoms with Crippen molar-refractivity contribution in [2.45, 2.75) is 45.7 Å². The minimum absolute atomic E-state index is 0.0382. The SMILES string of the molecule is CCC(C)NC(=O)c1cc(-c2ccccc2)nc2c1c(C)nn2C1CCS(=O)(=O)C1. The molecule has 2 aromatic heterocycles. The molecule has 1 aliphatic rings. The molecule has 7 nitrogen and oxygen atoms in total. The van der Waals surface area contributed by atoms with E-state index in [0.717, 1.165) is 12.0 Å². The molecule has 4 rings (SSSR count). The molecule has 158 valence electrons. The number of rotatable bonds is 5. The molecule has 0 spiro atoms. The molecular weight excluding hydrogens is 400 g/mol. The van der Waals surface area contributed by atoms with Crippen LogP contribution >= 0.6 is 0 Å². The Bertz CT molecular complexity index is 1200. The van der Waals surface area contributed by atoms with Crippen molar-refractivity contribution in [3.63, 3.8) is 0 Å². The molecule has 2 unspecified atom stereocenters. The smallest absolute Gasteiger partial charge is 0.252 e. The van der Waals surface area contributed by atoms with Gasteiger partial charge >= 0.3 is 0 Å². The van der Waals surface area contributed by atoms with Crippen LogP contribution in [0.1, 0.15) is 48.8 Å². The molecule has 3 aromatic rings. The molecular formula is C22H26N4O3S. The number of benzene rings is 1. The molecule has 1 saturated heterocycles. The molecule has 3 heterocycles. The van der Waals surface area contributed by atoms with Crippen LogP contribution in [0.15, 0.2) is 36.4 Å². The number of carbonyl (C=O) groups excluding carboxylic acids is 1. The van der Waals surface area contributed by atoms with E-state index in [1.807, 2.05) is 51.1 Å². The standard InChI is InChI=1S/C22H26N4O3S/c1-4-14(2)23-22(27)18-12-19(16-8-6-5-7-9-16)24-21-20(18)15(3)25-26(21)17-10-11-30(28,29)13-17/h5-9,12,14,17H,4,10-11,13H2,1-3H3,(H,23,27). The number of carbonyl (C=O) groups is 1. The molecule has 1 N–H and O–H groups in total. The van der Waals surface area contributed by atoms with E-state index in [9.17, 15) is 13.2 Å². The van der Waals surface area contributed by atoms with Crippen LogP contribution in [-0.2, 0) is 9.84 Å². The van der Waals surface area contributed by atoms with Gasteiger partial charge in [-0.3, -0.25) is 4.79 Å². The summed E-state index contributed by atoms with van der Waals surface area (Å²) in [5, 5.41) is 8.34. The summed E-state index contributed by atoms with van der Waals surface area (Å²) in [5.74, 6) is 0.0303. The normalized spacial score (nSPS) is 19.1. The summed E-state index contributed by atoms with van der Waals surface area (Å²) >= 11 is 0. The number of nitrogens with one attached hydrogen (secondary N) is 1. The van der Waals surface area contributed by atoms with Crippen molar-refractivity contribution >= 4 is 26.8 Å². The lowest BCUT2D eigenvalue weighted by Crippen LogP contribution is -2.32. The van der Waals surface area contributed by atoms with Crippen LogP contribution in [0.5, 0.6) is 0 Å². The van der Waals surface area contributed by atoms with Crippen LogP contribution in [0.2, 0.25) is 0 Å². The summed E-state index contributed by atoms with van der Waals surface area (Å²) in [6.45, 7) is 5.83. The number of aryl methyl sites for hydroxylation is 1. The number of pyridine rings is 1. The fourth-order valence-corrected chi connectivity index (χ4v) is 5.57. The zero-order valence-electron chi connectivity index (χ0n) is 17.4. The molecule has 0 aliphatic carbocycles. The third-order valence-corrected chi connectivity index (χ3v) is 7.45. The highest BCUT2D eigenvalue weighted by Crippen LogP contribution is 2.32. The topological polar surface area (TPSA) is 93.9 Å². The molecule has 30 heavy (non-hydrogen) atoms. The number of aromatic nitrogens is 3. The van der Waals surface area contributed by atoms with Crippen molar-refractivity contribution in [2.24, 2.45) is 0 Å². The van der Waals surface area contributed by atoms with Crippen molar-refractivity contribution in [1.29, 1.82) is 0 Å². The van der Waals surface area contributed by atoms with E-state index in [0.29, 0.717) is 34.4 Å². The van der Waals surface area contributed by atoms with Gasteiger partial charge in [0.2, 0.25) is 0 Å². The zero-order valence-corrected chi connectivity index (χ0v) is 18.2. The van der Waals surface area contributed by atoms with Crippen LogP contribution in [0, 0.1) is 6.92 Å². The van der Waals surface area contributed by atoms with Gasteiger partial charge < -0.3 is 5.32 Å². The number of nitrogens with zero attached hydrogens (tertiary/aromatic N) is 3. The summed E-state index contributed by atoms with van der Waals surface area (Å²) in [6.07, 6.45) is 1.33. The Balaban J connectivity index is 1.92. The van der Waals surface area contributed by atoms with Gasteiger partial charge in [0, 0.05) is 11.6 Å². The fraction of sp³-hybridized carbons (Fsp3) is 0.409. The van der Waals surface area contributed by atoms with Gasteiger partial charge in [-0.25, -0.2) is 18.1 Å². The largest absolute Gasteiger partial charge is 0.350 e. The van der Waals surface area contributed by atoms with E-state index in [1.54, 1.807) is 10.7 Å². The van der Waals surface area contributed by atoms with Gasteiger partial charge in [0.25, 0.3) is 5.91 Å². The van der Waals surface area contributed by atoms with E-state index in [2.05, 4.69) is 10.4 Å². The fourth-order valence-electron chi connectivity index (χ4n) is 3.88. The molecule has 0 bridgehead atoms. The Labute approximate surface area is 176 Å². The van der Waals surface area contributed by atoms with Crippen LogP contribution in [0.25, 0.3) is 22.3 Å². The molecule has 1 amide bonds. The Morgan fingerprint density at radius 1 is 1.30 bits per heavy atom. The molecule has 1 fully saturated rings. The molecule has 0 saturated carbocycles. The van der Waals surface area contributed by atoms with Crippen molar-refractivity contribution in [3.05, 3.63) is 47.7 Å². The summed E-state index contributed by atoms with van der Waals surface area (Å²) in [7, 11) is -3.08. The van der Waals surface area contributed by atoms with Crippen LogP contribution in [0.3, 0.4) is 0 Å². The minimum atomic E-state index is -3.08. The van der Waals surface area contributed by atoms with Gasteiger partial charge in [0.1, 0.15) is 0 Å². The quantitative estimate of drug-likeness (QED) is 0.676. The molecule has 8 heteroatoms. The molecule has 1 aliphatic heterocycles. The van der Waals surface area contributed by atoms with E-state index < -0.39 is 9.84 Å². The summed E-state index contributed by atoms with van der Waals surface area (Å²) < 4.78 is 25.8. The summed E-state index contributed by atoms with van der Waals surface area (Å²) in [6, 6.07) is 11.2. The number of sulfone groups is 1. The van der Waals surface area contributed by atoms with Crippen molar-refractivity contribution < 1.29 is 13.2 Å². The van der Waals surface area contributed by atoms with Crippen LogP contribution in [-0.4, -0.2) is 46.6 Å². The van der Waals surface area contributed by atoms with Gasteiger partial charge in [-0.15, -0.1) is 0 Å². The Morgan fingerprint density at radius 3 is 2.67 bits per heavy atom. The first-order valence-corrected chi connectivity index (χ1v) is 12.1. The first kappa shape index (κ1) is 20.5. The van der Waals surface area contributed by atoms with E-state index in [4.69, 9.17) is 4.98 Å². The van der Waals surface area contributed by atoms with Gasteiger partial charge in [-0.2, -0.15) is 5.10 Å². The van der Waals surface area contributed by atoms with Crippen LogP contribution < -0.4 is 5.32 Å². The second kappa shape index (κ2) is 7.83. The average Bonchev–Trinajstić information content (AvgIpc) is 3.26. The summed E-state index contributed by atoms with van der Waals surface area (Å²) in [4.78, 5) is 18.0. The first-order valence-electron chi connectivity index (χ1n) is 10.3. The lowest BCUT2D eigenvalue weighted by Gasteiger charge is -2.14. The van der Waals surface area contributed by atoms with Gasteiger partial charge in [0.05, 0.1) is 39.9 Å². The van der Waals surface area contributed by atoms with E-state index >= 15 is 0 Å². The third-order valence-electron chi connectivity index (χ3n) is 5.70. The van der Waals surface area contributed by atoms with E-state index in [1.165, 1.54) is 0 Å². The zero-order chi connectivity index (χ0) is 21.5. The minimum Gasteiger partial charge on any atom is -0.350 e. The number of fused-ring (bicyclic) bond motifs is 1. The van der Waals surface area contributed by atoms with Gasteiger partial charge in [-0.05, 0) is 32.8 Å². The predicted octanol–water partition coefficient (Wildman–Crippen LogP) is 3.29. The van der Waals surface area contributed by atoms with Crippen molar-refractivity contribution in [1.82, 2.24) is 20.1 Å². The highest BCUT2D eigenvalue weighted by atomic mass is 32.2. The van der Waals surface area contributed by atoms with Gasteiger partial charge in [0.15, 0.2) is 15.5 Å². The maximum Gasteiger partial charge on any atom is 0.252 e. The average molecular weight is 427 g/mol. The second-order valence-corrected chi connectivity index (χ2v) is 10.2. The Kier molecular flexibility index (Phi) is 5.36. The number of amides is 1. The molecule has 0 radical (unpaired) electrons. The number of hydrogen-bond acceptors (Lipinski definition) is 5. The van der Waals surface area contributed by atoms with Crippen molar-refractivity contribution in [3.8, 4) is 11.3 Å². The second-order valence-electron chi connectivity index (χ2n) is 7.99. The highest BCUT2D eigenvalue weighted by molar-refractivity contribution is 7.91. The van der Waals surface area contributed by atoms with Gasteiger partial charge in [-0.1, -0.05) is 37.3 Å². The highest BCUT2D eigenvalue weighted by Gasteiger charge is 2.32. The lowest BCUT2D eigenvalue weighted by molar-refractivity contribution is 0.0941. The maximum absolute atomic E-state index is 13.1. The third kappa shape index (κ3) is 3.84.